The number of nitrogens with zero attached hydrogens (tertiary/aromatic N) is 2. The number of aryl methyl sites for hydroxylation is 1. The molecule has 0 unspecified atom stereocenters. The summed E-state index contributed by atoms with van der Waals surface area (Å²) in [6.45, 7) is 4.13. The second-order valence-electron chi connectivity index (χ2n) is 7.65. The highest BCUT2D eigenvalue weighted by molar-refractivity contribution is 14.1. The monoisotopic (exact) mass is 544 g/mol. The smallest absolute Gasteiger partial charge is 0.264 e. The first kappa shape index (κ1) is 20.9. The maximum absolute atomic E-state index is 13.7. The summed E-state index contributed by atoms with van der Waals surface area (Å²) in [5.74, 6) is 0.0347. The molecule has 1 fully saturated rings. The molecule has 0 spiro atoms. The molecule has 29 heavy (non-hydrogen) atoms. The summed E-state index contributed by atoms with van der Waals surface area (Å²) >= 11 is 8.55. The van der Waals surface area contributed by atoms with E-state index in [-0.39, 0.29) is 28.8 Å². The number of sulfonamides is 1. The zero-order valence-corrected chi connectivity index (χ0v) is 19.9. The fourth-order valence-corrected chi connectivity index (χ4v) is 7.81. The predicted octanol–water partition coefficient (Wildman–Crippen LogP) is 4.57. The molecule has 0 N–H and O–H groups in total. The average molecular weight is 545 g/mol. The highest BCUT2D eigenvalue weighted by Crippen LogP contribution is 2.51. The number of likely N-dealkylation sites (tertiary alicyclic amines) is 1. The maximum atomic E-state index is 13.7. The van der Waals surface area contributed by atoms with E-state index >= 15 is 0 Å². The van der Waals surface area contributed by atoms with Crippen molar-refractivity contribution in [1.82, 2.24) is 4.90 Å². The van der Waals surface area contributed by atoms with Crippen molar-refractivity contribution in [2.45, 2.75) is 37.2 Å². The first-order chi connectivity index (χ1) is 13.8. The number of carbonyl (C=O) groups excluding carboxylic acids is 1. The van der Waals surface area contributed by atoms with Gasteiger partial charge >= 0.3 is 0 Å². The zero-order valence-electron chi connectivity index (χ0n) is 16.2. The molecule has 3 atom stereocenters. The summed E-state index contributed by atoms with van der Waals surface area (Å²) in [6, 6.07) is 11.9. The molecule has 4 rings (SSSR count). The minimum absolute atomic E-state index is 0.00507. The van der Waals surface area contributed by atoms with Gasteiger partial charge in [-0.3, -0.25) is 9.10 Å². The minimum atomic E-state index is -3.76. The fraction of sp³-hybridized carbons (Fsp3) is 0.381. The van der Waals surface area contributed by atoms with E-state index in [1.165, 1.54) is 0 Å². The van der Waals surface area contributed by atoms with Crippen LogP contribution in [0, 0.1) is 12.8 Å². The average Bonchev–Trinajstić information content (AvgIpc) is 3.12. The summed E-state index contributed by atoms with van der Waals surface area (Å²) in [7, 11) is -3.76. The van der Waals surface area contributed by atoms with Gasteiger partial charge in [0.1, 0.15) is 0 Å². The van der Waals surface area contributed by atoms with E-state index in [4.69, 9.17) is 11.6 Å². The SMILES string of the molecule is CC(=O)N1CC[C@@H]2[C@H]1c1cc(Cl)ccc1N(S(=O)(=O)c1ccc(C)cc1)[C@H]2CI. The highest BCUT2D eigenvalue weighted by atomic mass is 127. The Labute approximate surface area is 190 Å². The highest BCUT2D eigenvalue weighted by Gasteiger charge is 2.50. The Bertz CT molecular complexity index is 1060. The quantitative estimate of drug-likeness (QED) is 0.420. The van der Waals surface area contributed by atoms with E-state index in [1.807, 2.05) is 30.0 Å². The Balaban J connectivity index is 1.92. The van der Waals surface area contributed by atoms with Crippen molar-refractivity contribution in [2.75, 3.05) is 15.3 Å². The Morgan fingerprint density at radius 2 is 1.90 bits per heavy atom. The molecule has 5 nitrogen and oxygen atoms in total. The maximum Gasteiger partial charge on any atom is 0.264 e. The van der Waals surface area contributed by atoms with Crippen LogP contribution in [-0.2, 0) is 14.8 Å². The second-order valence-corrected chi connectivity index (χ2v) is 10.8. The van der Waals surface area contributed by atoms with E-state index in [9.17, 15) is 13.2 Å². The van der Waals surface area contributed by atoms with Crippen LogP contribution in [0.3, 0.4) is 0 Å². The largest absolute Gasteiger partial charge is 0.335 e. The Kier molecular flexibility index (Phi) is 5.59. The number of anilines is 1. The number of benzene rings is 2. The van der Waals surface area contributed by atoms with E-state index in [1.54, 1.807) is 35.5 Å². The molecule has 2 heterocycles. The van der Waals surface area contributed by atoms with Gasteiger partial charge in [-0.05, 0) is 43.7 Å². The van der Waals surface area contributed by atoms with E-state index in [2.05, 4.69) is 22.6 Å². The van der Waals surface area contributed by atoms with Gasteiger partial charge in [0.05, 0.1) is 22.7 Å². The lowest BCUT2D eigenvalue weighted by Gasteiger charge is -2.45. The fourth-order valence-electron chi connectivity index (χ4n) is 4.60. The molecule has 2 aromatic rings. The molecule has 154 valence electrons. The van der Waals surface area contributed by atoms with Crippen molar-refractivity contribution in [3.8, 4) is 0 Å². The first-order valence-corrected chi connectivity index (χ1v) is 12.8. The van der Waals surface area contributed by atoms with Crippen molar-refractivity contribution in [2.24, 2.45) is 5.92 Å². The molecule has 2 aliphatic rings. The Hall–Kier alpha value is -1.32. The number of alkyl halides is 1. The normalized spacial score (nSPS) is 23.7. The van der Waals surface area contributed by atoms with Gasteiger partial charge in [-0.25, -0.2) is 8.42 Å². The lowest BCUT2D eigenvalue weighted by molar-refractivity contribution is -0.130. The summed E-state index contributed by atoms with van der Waals surface area (Å²) < 4.78 is 29.7. The number of fused-ring (bicyclic) bond motifs is 3. The first-order valence-electron chi connectivity index (χ1n) is 9.49. The van der Waals surface area contributed by atoms with Crippen LogP contribution in [0.1, 0.15) is 30.5 Å². The van der Waals surface area contributed by atoms with Crippen LogP contribution in [-0.4, -0.2) is 36.2 Å². The number of hydrogen-bond donors (Lipinski definition) is 0. The second kappa shape index (κ2) is 7.74. The van der Waals surface area contributed by atoms with Gasteiger partial charge in [-0.15, -0.1) is 0 Å². The van der Waals surface area contributed by atoms with Crippen LogP contribution in [0.5, 0.6) is 0 Å². The van der Waals surface area contributed by atoms with Crippen molar-refractivity contribution in [3.05, 3.63) is 58.6 Å². The predicted molar refractivity (Wildman–Crippen MR) is 123 cm³/mol. The molecule has 1 amide bonds. The lowest BCUT2D eigenvalue weighted by Crippen LogP contribution is -2.51. The molecule has 0 aliphatic carbocycles. The number of carbonyl (C=O) groups is 1. The summed E-state index contributed by atoms with van der Waals surface area (Å²) in [5.41, 5.74) is 2.44. The van der Waals surface area contributed by atoms with Gasteiger partial charge < -0.3 is 4.90 Å². The molecule has 2 aliphatic heterocycles. The van der Waals surface area contributed by atoms with Gasteiger partial charge in [-0.2, -0.15) is 0 Å². The van der Waals surface area contributed by atoms with Crippen LogP contribution >= 0.6 is 34.2 Å². The molecule has 8 heteroatoms. The molecule has 0 aromatic heterocycles. The third-order valence-electron chi connectivity index (χ3n) is 5.93. The van der Waals surface area contributed by atoms with E-state index in [0.29, 0.717) is 21.7 Å². The molecule has 0 saturated carbocycles. The molecular formula is C21H22ClIN2O3S. The van der Waals surface area contributed by atoms with Gasteiger partial charge in [0, 0.05) is 34.4 Å². The molecule has 0 bridgehead atoms. The van der Waals surface area contributed by atoms with Crippen molar-refractivity contribution in [3.63, 3.8) is 0 Å². The number of rotatable bonds is 3. The van der Waals surface area contributed by atoms with Crippen molar-refractivity contribution >= 4 is 55.8 Å². The van der Waals surface area contributed by atoms with Crippen LogP contribution in [0.15, 0.2) is 47.4 Å². The third kappa shape index (κ3) is 3.45. The van der Waals surface area contributed by atoms with Crippen molar-refractivity contribution in [1.29, 1.82) is 0 Å². The Morgan fingerprint density at radius 1 is 1.21 bits per heavy atom. The number of hydrogen-bond acceptors (Lipinski definition) is 3. The van der Waals surface area contributed by atoms with Crippen LogP contribution < -0.4 is 4.31 Å². The van der Waals surface area contributed by atoms with Gasteiger partial charge in [0.2, 0.25) is 5.91 Å². The molecule has 1 saturated heterocycles. The van der Waals surface area contributed by atoms with Crippen LogP contribution in [0.25, 0.3) is 0 Å². The topological polar surface area (TPSA) is 57.7 Å². The van der Waals surface area contributed by atoms with Gasteiger partial charge in [0.15, 0.2) is 0 Å². The third-order valence-corrected chi connectivity index (χ3v) is 8.92. The Morgan fingerprint density at radius 3 is 2.52 bits per heavy atom. The molecular weight excluding hydrogens is 523 g/mol. The summed E-state index contributed by atoms with van der Waals surface area (Å²) in [4.78, 5) is 14.4. The van der Waals surface area contributed by atoms with Gasteiger partial charge in [0.25, 0.3) is 10.0 Å². The number of amides is 1. The van der Waals surface area contributed by atoms with Gasteiger partial charge in [-0.1, -0.05) is 51.9 Å². The summed E-state index contributed by atoms with van der Waals surface area (Å²) in [5, 5.41) is 0.540. The lowest BCUT2D eigenvalue weighted by atomic mass is 9.83. The zero-order chi connectivity index (χ0) is 20.9. The minimum Gasteiger partial charge on any atom is -0.335 e. The molecule has 2 aromatic carbocycles. The van der Waals surface area contributed by atoms with E-state index in [0.717, 1.165) is 17.5 Å². The standard InChI is InChI=1S/C21H22ClIN2O3S/c1-13-3-6-16(7-4-13)29(27,28)25-19-8-5-15(22)11-18(19)21-17(20(25)12-23)9-10-24(21)14(2)26/h3-8,11,17,20-21H,9-10,12H2,1-2H3/t17-,20-,21-/m0/s1. The number of halogens is 2. The van der Waals surface area contributed by atoms with Crippen LogP contribution in [0.2, 0.25) is 5.02 Å². The summed E-state index contributed by atoms with van der Waals surface area (Å²) in [6.07, 6.45) is 0.768. The van der Waals surface area contributed by atoms with Crippen molar-refractivity contribution < 1.29 is 13.2 Å². The molecule has 0 radical (unpaired) electrons. The van der Waals surface area contributed by atoms with Crippen LogP contribution in [0.4, 0.5) is 5.69 Å². The van der Waals surface area contributed by atoms with E-state index < -0.39 is 10.0 Å².